The molecular formula is C7H9NO4. The molecule has 0 radical (unpaired) electrons. The van der Waals surface area contributed by atoms with Gasteiger partial charge in [-0.15, -0.1) is 6.42 Å². The smallest absolute Gasteiger partial charge is 0.408 e. The van der Waals surface area contributed by atoms with E-state index in [-0.39, 0.29) is 19.6 Å². The van der Waals surface area contributed by atoms with Gasteiger partial charge in [-0.25, -0.2) is 4.79 Å². The van der Waals surface area contributed by atoms with Crippen molar-refractivity contribution in [2.45, 2.75) is 6.42 Å². The molecule has 0 bridgehead atoms. The molecule has 66 valence electrons. The van der Waals surface area contributed by atoms with Crippen LogP contribution in [0.1, 0.15) is 6.42 Å². The van der Waals surface area contributed by atoms with Crippen LogP contribution in [0.3, 0.4) is 0 Å². The van der Waals surface area contributed by atoms with E-state index < -0.39 is 12.1 Å². The summed E-state index contributed by atoms with van der Waals surface area (Å²) in [5, 5.41) is 10.4. The second kappa shape index (κ2) is 6.04. The summed E-state index contributed by atoms with van der Waals surface area (Å²) >= 11 is 0. The fourth-order valence-corrected chi connectivity index (χ4v) is 0.430. The van der Waals surface area contributed by atoms with Gasteiger partial charge in [-0.3, -0.25) is 4.79 Å². The van der Waals surface area contributed by atoms with Crippen LogP contribution in [0.15, 0.2) is 0 Å². The Morgan fingerprint density at radius 3 is 2.75 bits per heavy atom. The molecule has 0 aliphatic carbocycles. The SMILES string of the molecule is C#CCOC(=O)NCCC(=O)O. The zero-order valence-corrected chi connectivity index (χ0v) is 6.37. The molecular weight excluding hydrogens is 162 g/mol. The molecule has 2 N–H and O–H groups in total. The first-order chi connectivity index (χ1) is 5.66. The lowest BCUT2D eigenvalue weighted by atomic mass is 10.4. The fourth-order valence-electron chi connectivity index (χ4n) is 0.430. The van der Waals surface area contributed by atoms with Crippen molar-refractivity contribution in [2.24, 2.45) is 0 Å². The maximum absolute atomic E-state index is 10.6. The minimum atomic E-state index is -0.979. The third-order valence-corrected chi connectivity index (χ3v) is 0.895. The van der Waals surface area contributed by atoms with Gasteiger partial charge in [0.05, 0.1) is 6.42 Å². The second-order valence-electron chi connectivity index (χ2n) is 1.85. The zero-order valence-electron chi connectivity index (χ0n) is 6.37. The first-order valence-corrected chi connectivity index (χ1v) is 3.22. The highest BCUT2D eigenvalue weighted by molar-refractivity contribution is 5.70. The summed E-state index contributed by atoms with van der Waals surface area (Å²) in [7, 11) is 0. The van der Waals surface area contributed by atoms with Gasteiger partial charge in [0.15, 0.2) is 6.61 Å². The Bertz CT molecular complexity index is 206. The van der Waals surface area contributed by atoms with E-state index in [1.54, 1.807) is 0 Å². The predicted octanol–water partition coefficient (Wildman–Crippen LogP) is -0.179. The molecule has 0 unspecified atom stereocenters. The minimum absolute atomic E-state index is 0.0404. The van der Waals surface area contributed by atoms with Gasteiger partial charge in [0.1, 0.15) is 0 Å². The van der Waals surface area contributed by atoms with Crippen LogP contribution in [0.5, 0.6) is 0 Å². The van der Waals surface area contributed by atoms with Crippen LogP contribution in [0.4, 0.5) is 4.79 Å². The molecule has 1 amide bonds. The summed E-state index contributed by atoms with van der Waals surface area (Å²) in [6, 6.07) is 0. The molecule has 0 fully saturated rings. The van der Waals surface area contributed by atoms with E-state index in [4.69, 9.17) is 11.5 Å². The van der Waals surface area contributed by atoms with Crippen LogP contribution in [0.2, 0.25) is 0 Å². The Kier molecular flexibility index (Phi) is 5.18. The summed E-state index contributed by atoms with van der Waals surface area (Å²) < 4.78 is 4.39. The van der Waals surface area contributed by atoms with Crippen molar-refractivity contribution < 1.29 is 19.4 Å². The Balaban J connectivity index is 3.33. The molecule has 0 aromatic carbocycles. The van der Waals surface area contributed by atoms with Crippen LogP contribution in [-0.2, 0) is 9.53 Å². The first-order valence-electron chi connectivity index (χ1n) is 3.22. The summed E-state index contributed by atoms with van der Waals surface area (Å²) in [5.74, 6) is 1.12. The monoisotopic (exact) mass is 171 g/mol. The van der Waals surface area contributed by atoms with Crippen molar-refractivity contribution in [1.82, 2.24) is 5.32 Å². The molecule has 5 heteroatoms. The fraction of sp³-hybridized carbons (Fsp3) is 0.429. The third kappa shape index (κ3) is 6.42. The number of rotatable bonds is 4. The highest BCUT2D eigenvalue weighted by Crippen LogP contribution is 1.79. The van der Waals surface area contributed by atoms with Crippen molar-refractivity contribution in [2.75, 3.05) is 13.2 Å². The number of ether oxygens (including phenoxy) is 1. The van der Waals surface area contributed by atoms with E-state index >= 15 is 0 Å². The number of carboxylic acid groups (broad SMARTS) is 1. The summed E-state index contributed by atoms with van der Waals surface area (Å²) in [5.41, 5.74) is 0. The normalized spacial score (nSPS) is 8.25. The zero-order chi connectivity index (χ0) is 9.40. The third-order valence-electron chi connectivity index (χ3n) is 0.895. The number of hydrogen-bond acceptors (Lipinski definition) is 3. The lowest BCUT2D eigenvalue weighted by molar-refractivity contribution is -0.136. The molecule has 0 aliphatic rings. The first kappa shape index (κ1) is 10.3. The molecule has 0 aromatic heterocycles. The number of amides is 1. The van der Waals surface area contributed by atoms with Gasteiger partial charge >= 0.3 is 12.1 Å². The number of hydrogen-bond donors (Lipinski definition) is 2. The topological polar surface area (TPSA) is 75.6 Å². The molecule has 0 spiro atoms. The Labute approximate surface area is 69.7 Å². The van der Waals surface area contributed by atoms with E-state index in [1.165, 1.54) is 0 Å². The maximum atomic E-state index is 10.6. The lowest BCUT2D eigenvalue weighted by Crippen LogP contribution is -2.26. The number of alkyl carbamates (subject to hydrolysis) is 1. The van der Waals surface area contributed by atoms with Crippen LogP contribution in [-0.4, -0.2) is 30.3 Å². The summed E-state index contributed by atoms with van der Waals surface area (Å²) in [6.07, 6.45) is 3.97. The largest absolute Gasteiger partial charge is 0.481 e. The average molecular weight is 171 g/mol. The molecule has 0 aliphatic heterocycles. The molecule has 5 nitrogen and oxygen atoms in total. The Morgan fingerprint density at radius 1 is 1.58 bits per heavy atom. The minimum Gasteiger partial charge on any atom is -0.481 e. The van der Waals surface area contributed by atoms with E-state index in [0.29, 0.717) is 0 Å². The van der Waals surface area contributed by atoms with E-state index in [1.807, 2.05) is 0 Å². The van der Waals surface area contributed by atoms with E-state index in [2.05, 4.69) is 16.0 Å². The number of carboxylic acids is 1. The molecule has 0 atom stereocenters. The number of nitrogens with one attached hydrogen (secondary N) is 1. The van der Waals surface area contributed by atoms with Crippen molar-refractivity contribution in [1.29, 1.82) is 0 Å². The molecule has 0 rings (SSSR count). The molecule has 0 saturated carbocycles. The van der Waals surface area contributed by atoms with Crippen LogP contribution in [0.25, 0.3) is 0 Å². The standard InChI is InChI=1S/C7H9NO4/c1-2-5-12-7(11)8-4-3-6(9)10/h1H,3-5H2,(H,8,11)(H,9,10). The van der Waals surface area contributed by atoms with Gasteiger partial charge in [0.25, 0.3) is 0 Å². The average Bonchev–Trinajstić information content (AvgIpc) is 2.00. The predicted molar refractivity (Wildman–Crippen MR) is 40.4 cm³/mol. The van der Waals surface area contributed by atoms with Crippen molar-refractivity contribution in [3.05, 3.63) is 0 Å². The highest BCUT2D eigenvalue weighted by Gasteiger charge is 2.01. The summed E-state index contributed by atoms with van der Waals surface area (Å²) in [4.78, 5) is 20.5. The van der Waals surface area contributed by atoms with Gasteiger partial charge in [0.2, 0.25) is 0 Å². The van der Waals surface area contributed by atoms with Gasteiger partial charge < -0.3 is 15.2 Å². The second-order valence-corrected chi connectivity index (χ2v) is 1.85. The maximum Gasteiger partial charge on any atom is 0.408 e. The Morgan fingerprint density at radius 2 is 2.25 bits per heavy atom. The van der Waals surface area contributed by atoms with Crippen molar-refractivity contribution >= 4 is 12.1 Å². The van der Waals surface area contributed by atoms with Crippen LogP contribution < -0.4 is 5.32 Å². The van der Waals surface area contributed by atoms with E-state index in [0.717, 1.165) is 0 Å². The Hall–Kier alpha value is -1.70. The molecule has 0 heterocycles. The van der Waals surface area contributed by atoms with Crippen molar-refractivity contribution in [3.63, 3.8) is 0 Å². The number of carbonyl (C=O) groups is 2. The quantitative estimate of drug-likeness (QED) is 0.575. The van der Waals surface area contributed by atoms with Gasteiger partial charge in [-0.1, -0.05) is 5.92 Å². The van der Waals surface area contributed by atoms with Crippen molar-refractivity contribution in [3.8, 4) is 12.3 Å². The van der Waals surface area contributed by atoms with Gasteiger partial charge in [-0.05, 0) is 0 Å². The number of carbonyl (C=O) groups excluding carboxylic acids is 1. The number of terminal acetylenes is 1. The van der Waals surface area contributed by atoms with E-state index in [9.17, 15) is 9.59 Å². The molecule has 12 heavy (non-hydrogen) atoms. The van der Waals surface area contributed by atoms with Gasteiger partial charge in [-0.2, -0.15) is 0 Å². The summed E-state index contributed by atoms with van der Waals surface area (Å²) in [6.45, 7) is -0.0718. The lowest BCUT2D eigenvalue weighted by Gasteiger charge is -2.01. The van der Waals surface area contributed by atoms with Gasteiger partial charge in [0, 0.05) is 6.54 Å². The highest BCUT2D eigenvalue weighted by atomic mass is 16.5. The van der Waals surface area contributed by atoms with Crippen LogP contribution in [0, 0.1) is 12.3 Å². The molecule has 0 aromatic rings. The molecule has 0 saturated heterocycles. The van der Waals surface area contributed by atoms with Crippen LogP contribution >= 0.6 is 0 Å². The number of aliphatic carboxylic acids is 1.